The van der Waals surface area contributed by atoms with Crippen molar-refractivity contribution in [3.63, 3.8) is 0 Å². The molecule has 0 saturated heterocycles. The largest absolute Gasteiger partial charge is 0.504 e. The Kier molecular flexibility index (Phi) is 4.03. The molecule has 1 aromatic rings. The molecule has 0 spiro atoms. The Morgan fingerprint density at radius 3 is 2.72 bits per heavy atom. The van der Waals surface area contributed by atoms with E-state index in [0.717, 1.165) is 19.3 Å². The number of phenolic OH excluding ortho intramolecular Hbond substituents is 1. The van der Waals surface area contributed by atoms with E-state index in [-0.39, 0.29) is 28.3 Å². The van der Waals surface area contributed by atoms with E-state index in [9.17, 15) is 9.90 Å². The van der Waals surface area contributed by atoms with Gasteiger partial charge in [-0.15, -0.1) is 0 Å². The Labute approximate surface area is 116 Å². The number of carbonyl (C=O) groups is 1. The van der Waals surface area contributed by atoms with Crippen LogP contribution in [0.4, 0.5) is 5.69 Å². The van der Waals surface area contributed by atoms with Crippen LogP contribution in [-0.2, 0) is 4.79 Å². The second kappa shape index (κ2) is 5.37. The van der Waals surface area contributed by atoms with E-state index in [1.54, 1.807) is 0 Å². The lowest BCUT2D eigenvalue weighted by Crippen LogP contribution is -2.24. The van der Waals surface area contributed by atoms with Crippen LogP contribution >= 0.6 is 23.2 Å². The van der Waals surface area contributed by atoms with Crippen LogP contribution in [0, 0.1) is 11.8 Å². The summed E-state index contributed by atoms with van der Waals surface area (Å²) in [5.41, 5.74) is 0.275. The van der Waals surface area contributed by atoms with Crippen LogP contribution in [0.25, 0.3) is 0 Å². The fraction of sp³-hybridized carbons (Fsp3) is 0.462. The smallest absolute Gasteiger partial charge is 0.227 e. The highest BCUT2D eigenvalue weighted by molar-refractivity contribution is 6.36. The average Bonchev–Trinajstić information content (AvgIpc) is 2.71. The molecule has 18 heavy (non-hydrogen) atoms. The first-order chi connectivity index (χ1) is 8.49. The van der Waals surface area contributed by atoms with Crippen LogP contribution in [0.3, 0.4) is 0 Å². The monoisotopic (exact) mass is 287 g/mol. The molecule has 0 aliphatic heterocycles. The second-order valence-electron chi connectivity index (χ2n) is 4.79. The van der Waals surface area contributed by atoms with Crippen molar-refractivity contribution in [1.82, 2.24) is 0 Å². The third kappa shape index (κ3) is 2.73. The molecule has 0 bridgehead atoms. The molecule has 3 nitrogen and oxygen atoms in total. The highest BCUT2D eigenvalue weighted by Crippen LogP contribution is 2.37. The number of hydrogen-bond donors (Lipinski definition) is 2. The van der Waals surface area contributed by atoms with Gasteiger partial charge in [0.25, 0.3) is 0 Å². The van der Waals surface area contributed by atoms with Crippen LogP contribution < -0.4 is 5.32 Å². The zero-order valence-corrected chi connectivity index (χ0v) is 11.6. The zero-order valence-electron chi connectivity index (χ0n) is 10.0. The van der Waals surface area contributed by atoms with Gasteiger partial charge in [0.15, 0.2) is 5.75 Å². The third-order valence-electron chi connectivity index (χ3n) is 3.48. The van der Waals surface area contributed by atoms with Gasteiger partial charge in [-0.2, -0.15) is 0 Å². The number of carbonyl (C=O) groups excluding carboxylic acids is 1. The third-order valence-corrected chi connectivity index (χ3v) is 3.99. The number of rotatable bonds is 2. The van der Waals surface area contributed by atoms with Crippen LogP contribution in [0.2, 0.25) is 10.0 Å². The van der Waals surface area contributed by atoms with Gasteiger partial charge in [-0.25, -0.2) is 0 Å². The van der Waals surface area contributed by atoms with Gasteiger partial charge in [0.05, 0.1) is 10.7 Å². The quantitative estimate of drug-likeness (QED) is 0.806. The predicted molar refractivity (Wildman–Crippen MR) is 73.3 cm³/mol. The Bertz CT molecular complexity index is 476. The summed E-state index contributed by atoms with van der Waals surface area (Å²) >= 11 is 11.7. The van der Waals surface area contributed by atoms with E-state index < -0.39 is 0 Å². The maximum atomic E-state index is 12.1. The van der Waals surface area contributed by atoms with Crippen LogP contribution in [0.15, 0.2) is 12.1 Å². The lowest BCUT2D eigenvalue weighted by Gasteiger charge is -2.16. The minimum Gasteiger partial charge on any atom is -0.504 e. The van der Waals surface area contributed by atoms with Crippen molar-refractivity contribution >= 4 is 34.8 Å². The molecule has 2 unspecified atom stereocenters. The first-order valence-electron chi connectivity index (χ1n) is 5.98. The van der Waals surface area contributed by atoms with Crippen molar-refractivity contribution in [2.24, 2.45) is 11.8 Å². The van der Waals surface area contributed by atoms with Gasteiger partial charge in [-0.05, 0) is 30.9 Å². The Morgan fingerprint density at radius 2 is 2.11 bits per heavy atom. The summed E-state index contributed by atoms with van der Waals surface area (Å²) in [5, 5.41) is 13.0. The van der Waals surface area contributed by atoms with E-state index in [1.165, 1.54) is 12.1 Å². The summed E-state index contributed by atoms with van der Waals surface area (Å²) in [5.74, 6) is 0.164. The molecule has 0 radical (unpaired) electrons. The normalized spacial score (nSPS) is 23.1. The predicted octanol–water partition coefficient (Wildman–Crippen LogP) is 4.07. The molecule has 98 valence electrons. The van der Waals surface area contributed by atoms with Gasteiger partial charge < -0.3 is 10.4 Å². The first kappa shape index (κ1) is 13.5. The molecule has 2 atom stereocenters. The number of halogens is 2. The Morgan fingerprint density at radius 1 is 1.39 bits per heavy atom. The van der Waals surface area contributed by atoms with E-state index in [0.29, 0.717) is 10.9 Å². The van der Waals surface area contributed by atoms with E-state index in [2.05, 4.69) is 12.2 Å². The first-order valence-corrected chi connectivity index (χ1v) is 6.73. The lowest BCUT2D eigenvalue weighted by molar-refractivity contribution is -0.120. The number of aromatic hydroxyl groups is 1. The summed E-state index contributed by atoms with van der Waals surface area (Å²) in [4.78, 5) is 12.1. The highest BCUT2D eigenvalue weighted by Gasteiger charge is 2.30. The van der Waals surface area contributed by atoms with Gasteiger partial charge in [-0.3, -0.25) is 4.79 Å². The van der Waals surface area contributed by atoms with Gasteiger partial charge in [0.1, 0.15) is 0 Å². The molecule has 5 heteroatoms. The SMILES string of the molecule is CC1CCCC1C(=O)Nc1cc(Cl)cc(Cl)c1O. The fourth-order valence-electron chi connectivity index (χ4n) is 2.42. The number of benzene rings is 1. The van der Waals surface area contributed by atoms with Gasteiger partial charge in [0.2, 0.25) is 5.91 Å². The van der Waals surface area contributed by atoms with Crippen molar-refractivity contribution in [2.75, 3.05) is 5.32 Å². The maximum absolute atomic E-state index is 12.1. The van der Waals surface area contributed by atoms with Crippen molar-refractivity contribution in [1.29, 1.82) is 0 Å². The molecule has 1 fully saturated rings. The molecule has 1 amide bonds. The molecular weight excluding hydrogens is 273 g/mol. The summed E-state index contributed by atoms with van der Waals surface area (Å²) in [6.45, 7) is 2.07. The lowest BCUT2D eigenvalue weighted by atomic mass is 9.97. The van der Waals surface area contributed by atoms with Crippen molar-refractivity contribution in [3.05, 3.63) is 22.2 Å². The molecule has 2 N–H and O–H groups in total. The minimum atomic E-state index is -0.139. The Balaban J connectivity index is 2.16. The molecule has 0 heterocycles. The standard InChI is InChI=1S/C13H15Cl2NO2/c1-7-3-2-4-9(7)13(18)16-11-6-8(14)5-10(15)12(11)17/h5-7,9,17H,2-4H2,1H3,(H,16,18). The van der Waals surface area contributed by atoms with Gasteiger partial charge in [-0.1, -0.05) is 36.5 Å². The topological polar surface area (TPSA) is 49.3 Å². The highest BCUT2D eigenvalue weighted by atomic mass is 35.5. The van der Waals surface area contributed by atoms with E-state index >= 15 is 0 Å². The summed E-state index contributed by atoms with van der Waals surface area (Å²) < 4.78 is 0. The van der Waals surface area contributed by atoms with E-state index in [4.69, 9.17) is 23.2 Å². The molecular formula is C13H15Cl2NO2. The van der Waals surface area contributed by atoms with Crippen LogP contribution in [-0.4, -0.2) is 11.0 Å². The number of phenols is 1. The molecule has 1 saturated carbocycles. The molecule has 0 aromatic heterocycles. The van der Waals surface area contributed by atoms with Crippen molar-refractivity contribution < 1.29 is 9.90 Å². The molecule has 2 rings (SSSR count). The van der Waals surface area contributed by atoms with Crippen LogP contribution in [0.5, 0.6) is 5.75 Å². The number of amides is 1. The van der Waals surface area contributed by atoms with Crippen molar-refractivity contribution in [3.8, 4) is 5.75 Å². The number of nitrogens with one attached hydrogen (secondary N) is 1. The molecule has 1 aliphatic carbocycles. The molecule has 1 aromatic carbocycles. The van der Waals surface area contributed by atoms with Crippen molar-refractivity contribution in [2.45, 2.75) is 26.2 Å². The average molecular weight is 288 g/mol. The fourth-order valence-corrected chi connectivity index (χ4v) is 2.92. The van der Waals surface area contributed by atoms with Gasteiger partial charge in [0, 0.05) is 10.9 Å². The Hall–Kier alpha value is -0.930. The number of anilines is 1. The second-order valence-corrected chi connectivity index (χ2v) is 5.63. The minimum absolute atomic E-state index is 0.00200. The summed E-state index contributed by atoms with van der Waals surface area (Å²) in [6.07, 6.45) is 3.03. The van der Waals surface area contributed by atoms with Crippen LogP contribution in [0.1, 0.15) is 26.2 Å². The maximum Gasteiger partial charge on any atom is 0.227 e. The number of hydrogen-bond acceptors (Lipinski definition) is 2. The zero-order chi connectivity index (χ0) is 13.3. The van der Waals surface area contributed by atoms with Gasteiger partial charge >= 0.3 is 0 Å². The summed E-state index contributed by atoms with van der Waals surface area (Å²) in [7, 11) is 0. The summed E-state index contributed by atoms with van der Waals surface area (Å²) in [6, 6.07) is 2.94. The van der Waals surface area contributed by atoms with E-state index in [1.807, 2.05) is 0 Å². The molecule has 1 aliphatic rings.